The lowest BCUT2D eigenvalue weighted by Gasteiger charge is -2.22. The van der Waals surface area contributed by atoms with Gasteiger partial charge in [0.15, 0.2) is 6.10 Å². The highest BCUT2D eigenvalue weighted by molar-refractivity contribution is 5.26. The molecule has 0 bridgehead atoms. The van der Waals surface area contributed by atoms with Crippen molar-refractivity contribution in [3.8, 4) is 0 Å². The zero-order valence-electron chi connectivity index (χ0n) is 8.42. The molecule has 0 heterocycles. The molecular weight excluding hydrogens is 226 g/mol. The molecule has 0 radical (unpaired) electrons. The Bertz CT molecular complexity index is 378. The van der Waals surface area contributed by atoms with Crippen LogP contribution in [0, 0.1) is 12.7 Å². The monoisotopic (exact) mass is 237 g/mol. The maximum atomic E-state index is 13.3. The van der Waals surface area contributed by atoms with E-state index in [-0.39, 0.29) is 5.56 Å². The minimum Gasteiger partial charge on any atom is -0.382 e. The molecule has 0 aromatic heterocycles. The van der Waals surface area contributed by atoms with E-state index in [2.05, 4.69) is 0 Å². The molecule has 0 saturated heterocycles. The van der Waals surface area contributed by atoms with Gasteiger partial charge in [-0.05, 0) is 18.6 Å². The number of rotatable bonds is 2. The van der Waals surface area contributed by atoms with Crippen molar-refractivity contribution >= 4 is 0 Å². The Kier molecular flexibility index (Phi) is 3.54. The summed E-state index contributed by atoms with van der Waals surface area (Å²) in [7, 11) is 0. The van der Waals surface area contributed by atoms with Gasteiger partial charge in [-0.1, -0.05) is 12.1 Å². The number of aliphatic hydroxyl groups is 1. The molecule has 2 atom stereocenters. The second-order valence-electron chi connectivity index (χ2n) is 3.54. The molecule has 0 spiro atoms. The molecule has 0 aliphatic rings. The number of hydrogen-bond donors (Lipinski definition) is 2. The van der Waals surface area contributed by atoms with E-state index in [1.165, 1.54) is 6.07 Å². The fourth-order valence-corrected chi connectivity index (χ4v) is 1.28. The molecule has 1 aromatic carbocycles. The van der Waals surface area contributed by atoms with Crippen molar-refractivity contribution in [3.63, 3.8) is 0 Å². The number of nitrogens with two attached hydrogens (primary N) is 1. The lowest BCUT2D eigenvalue weighted by atomic mass is 10.00. The van der Waals surface area contributed by atoms with Gasteiger partial charge >= 0.3 is 6.18 Å². The molecule has 0 aliphatic carbocycles. The van der Waals surface area contributed by atoms with Crippen LogP contribution in [-0.2, 0) is 0 Å². The van der Waals surface area contributed by atoms with Gasteiger partial charge in [0.05, 0.1) is 6.04 Å². The summed E-state index contributed by atoms with van der Waals surface area (Å²) in [5, 5.41) is 8.88. The summed E-state index contributed by atoms with van der Waals surface area (Å²) in [6.45, 7) is 1.60. The number of benzene rings is 1. The first-order valence-corrected chi connectivity index (χ1v) is 4.50. The topological polar surface area (TPSA) is 46.2 Å². The Morgan fingerprint density at radius 2 is 1.88 bits per heavy atom. The smallest absolute Gasteiger partial charge is 0.382 e. The third kappa shape index (κ3) is 2.70. The average molecular weight is 237 g/mol. The van der Waals surface area contributed by atoms with E-state index >= 15 is 0 Å². The SMILES string of the molecule is Cc1ccc([C@@H](N)[C@@H](O)C(F)(F)F)c(F)c1. The number of aryl methyl sites for hydroxylation is 1. The van der Waals surface area contributed by atoms with Crippen LogP contribution in [0.2, 0.25) is 0 Å². The van der Waals surface area contributed by atoms with Gasteiger partial charge in [0, 0.05) is 5.56 Å². The quantitative estimate of drug-likeness (QED) is 0.773. The van der Waals surface area contributed by atoms with Crippen molar-refractivity contribution in [2.24, 2.45) is 5.73 Å². The standard InChI is InChI=1S/C10H11F4NO/c1-5-2-3-6(7(11)4-5)8(15)9(16)10(12,13)14/h2-4,8-9,16H,15H2,1H3/t8-,9-/m1/s1. The Morgan fingerprint density at radius 3 is 2.31 bits per heavy atom. The molecule has 0 unspecified atom stereocenters. The van der Waals surface area contributed by atoms with Crippen LogP contribution in [0.3, 0.4) is 0 Å². The third-order valence-corrected chi connectivity index (χ3v) is 2.19. The van der Waals surface area contributed by atoms with Gasteiger partial charge in [0.2, 0.25) is 0 Å². The molecule has 6 heteroatoms. The highest BCUT2D eigenvalue weighted by Crippen LogP contribution is 2.29. The summed E-state index contributed by atoms with van der Waals surface area (Å²) >= 11 is 0. The molecule has 0 aliphatic heterocycles. The molecule has 16 heavy (non-hydrogen) atoms. The van der Waals surface area contributed by atoms with E-state index in [1.54, 1.807) is 6.92 Å². The van der Waals surface area contributed by atoms with Crippen LogP contribution in [0.5, 0.6) is 0 Å². The van der Waals surface area contributed by atoms with Gasteiger partial charge in [-0.25, -0.2) is 4.39 Å². The van der Waals surface area contributed by atoms with Crippen LogP contribution in [0.1, 0.15) is 17.2 Å². The first-order valence-electron chi connectivity index (χ1n) is 4.50. The van der Waals surface area contributed by atoms with Gasteiger partial charge < -0.3 is 10.8 Å². The van der Waals surface area contributed by atoms with Crippen molar-refractivity contribution in [2.75, 3.05) is 0 Å². The minimum absolute atomic E-state index is 0.351. The van der Waals surface area contributed by atoms with Gasteiger partial charge in [-0.3, -0.25) is 0 Å². The summed E-state index contributed by atoms with van der Waals surface area (Å²) in [6.07, 6.45) is -7.64. The molecule has 2 nitrogen and oxygen atoms in total. The summed E-state index contributed by atoms with van der Waals surface area (Å²) in [5.41, 5.74) is 5.38. The van der Waals surface area contributed by atoms with Crippen molar-refractivity contribution in [3.05, 3.63) is 35.1 Å². The molecule has 1 rings (SSSR count). The Morgan fingerprint density at radius 1 is 1.31 bits per heavy atom. The minimum atomic E-state index is -4.86. The van der Waals surface area contributed by atoms with Gasteiger partial charge in [0.25, 0.3) is 0 Å². The summed E-state index contributed by atoms with van der Waals surface area (Å²) in [6, 6.07) is 1.82. The summed E-state index contributed by atoms with van der Waals surface area (Å²) < 4.78 is 49.7. The number of aliphatic hydroxyl groups excluding tert-OH is 1. The van der Waals surface area contributed by atoms with Gasteiger partial charge in [-0.15, -0.1) is 0 Å². The first-order chi connectivity index (χ1) is 7.23. The normalized spacial score (nSPS) is 15.9. The van der Waals surface area contributed by atoms with Crippen LogP contribution in [0.4, 0.5) is 17.6 Å². The maximum Gasteiger partial charge on any atom is 0.416 e. The van der Waals surface area contributed by atoms with Crippen molar-refractivity contribution in [1.29, 1.82) is 0 Å². The van der Waals surface area contributed by atoms with Crippen LogP contribution in [-0.4, -0.2) is 17.4 Å². The van der Waals surface area contributed by atoms with Crippen LogP contribution in [0.15, 0.2) is 18.2 Å². The van der Waals surface area contributed by atoms with Crippen LogP contribution < -0.4 is 5.73 Å². The average Bonchev–Trinajstić information content (AvgIpc) is 2.14. The van der Waals surface area contributed by atoms with Gasteiger partial charge in [-0.2, -0.15) is 13.2 Å². The number of halogens is 4. The second kappa shape index (κ2) is 4.39. The zero-order valence-corrected chi connectivity index (χ0v) is 8.42. The van der Waals surface area contributed by atoms with Crippen LogP contribution >= 0.6 is 0 Å². The molecule has 1 aromatic rings. The van der Waals surface area contributed by atoms with E-state index in [1.807, 2.05) is 0 Å². The summed E-state index contributed by atoms with van der Waals surface area (Å²) in [5.74, 6) is -0.851. The molecule has 3 N–H and O–H groups in total. The predicted molar refractivity (Wildman–Crippen MR) is 50.1 cm³/mol. The molecular formula is C10H11F4NO. The molecule has 0 saturated carbocycles. The molecule has 0 amide bonds. The lowest BCUT2D eigenvalue weighted by Crippen LogP contribution is -2.39. The second-order valence-corrected chi connectivity index (χ2v) is 3.54. The first kappa shape index (κ1) is 12.9. The number of hydrogen-bond acceptors (Lipinski definition) is 2. The van der Waals surface area contributed by atoms with E-state index in [0.29, 0.717) is 5.56 Å². The fourth-order valence-electron chi connectivity index (χ4n) is 1.28. The Hall–Kier alpha value is -1.14. The largest absolute Gasteiger partial charge is 0.416 e. The maximum absolute atomic E-state index is 13.3. The van der Waals surface area contributed by atoms with E-state index in [0.717, 1.165) is 12.1 Å². The molecule has 90 valence electrons. The highest BCUT2D eigenvalue weighted by Gasteiger charge is 2.43. The highest BCUT2D eigenvalue weighted by atomic mass is 19.4. The lowest BCUT2D eigenvalue weighted by molar-refractivity contribution is -0.210. The van der Waals surface area contributed by atoms with E-state index in [9.17, 15) is 17.6 Å². The fraction of sp³-hybridized carbons (Fsp3) is 0.400. The predicted octanol–water partition coefficient (Wildman–Crippen LogP) is 2.06. The Labute approximate surface area is 89.7 Å². The zero-order chi connectivity index (χ0) is 12.5. The summed E-state index contributed by atoms with van der Waals surface area (Å²) in [4.78, 5) is 0. The van der Waals surface area contributed by atoms with Crippen molar-refractivity contribution in [1.82, 2.24) is 0 Å². The van der Waals surface area contributed by atoms with Crippen molar-refractivity contribution in [2.45, 2.75) is 25.2 Å². The third-order valence-electron chi connectivity index (χ3n) is 2.19. The number of alkyl halides is 3. The van der Waals surface area contributed by atoms with E-state index < -0.39 is 24.1 Å². The van der Waals surface area contributed by atoms with E-state index in [4.69, 9.17) is 10.8 Å². The van der Waals surface area contributed by atoms with Crippen molar-refractivity contribution < 1.29 is 22.7 Å². The van der Waals surface area contributed by atoms with Crippen LogP contribution in [0.25, 0.3) is 0 Å². The van der Waals surface area contributed by atoms with Gasteiger partial charge in [0.1, 0.15) is 5.82 Å². The molecule has 0 fully saturated rings. The Balaban J connectivity index is 3.01.